The first-order valence-corrected chi connectivity index (χ1v) is 5.96. The maximum absolute atomic E-state index is 11.3. The van der Waals surface area contributed by atoms with Crippen molar-refractivity contribution < 1.29 is 9.90 Å². The van der Waals surface area contributed by atoms with Gasteiger partial charge in [0.05, 0.1) is 5.56 Å². The lowest BCUT2D eigenvalue weighted by molar-refractivity contribution is 0.0697. The molecule has 0 atom stereocenters. The number of carbonyl (C=O) groups is 1. The van der Waals surface area contributed by atoms with Crippen LogP contribution in [-0.2, 0) is 0 Å². The summed E-state index contributed by atoms with van der Waals surface area (Å²) in [4.78, 5) is 15.4. The highest BCUT2D eigenvalue weighted by Gasteiger charge is 2.17. The lowest BCUT2D eigenvalue weighted by Crippen LogP contribution is -2.06. The molecule has 0 saturated carbocycles. The molecule has 7 nitrogen and oxygen atoms in total. The molecule has 2 aromatic rings. The van der Waals surface area contributed by atoms with E-state index in [1.165, 1.54) is 13.1 Å². The lowest BCUT2D eigenvalue weighted by Gasteiger charge is -2.09. The summed E-state index contributed by atoms with van der Waals surface area (Å²) in [5.41, 5.74) is 0.624. The fourth-order valence-electron chi connectivity index (χ4n) is 1.67. The zero-order valence-corrected chi connectivity index (χ0v) is 11.1. The van der Waals surface area contributed by atoms with E-state index in [1.54, 1.807) is 24.3 Å². The molecule has 0 aliphatic carbocycles. The predicted octanol–water partition coefficient (Wildman–Crippen LogP) is 3.11. The van der Waals surface area contributed by atoms with Crippen LogP contribution in [-0.4, -0.2) is 23.1 Å². The second kappa shape index (κ2) is 6.25. The van der Waals surface area contributed by atoms with Gasteiger partial charge in [0.25, 0.3) is 0 Å². The molecule has 0 aliphatic heterocycles. The fourth-order valence-corrected chi connectivity index (χ4v) is 1.67. The number of hydrogen-bond donors (Lipinski definition) is 2. The number of aromatic nitrogens is 1. The maximum atomic E-state index is 11.3. The summed E-state index contributed by atoms with van der Waals surface area (Å²) < 4.78 is 0. The zero-order chi connectivity index (χ0) is 15.2. The van der Waals surface area contributed by atoms with Gasteiger partial charge in [-0.2, -0.15) is 10.4 Å². The molecule has 0 fully saturated rings. The van der Waals surface area contributed by atoms with E-state index in [4.69, 9.17) is 5.26 Å². The van der Waals surface area contributed by atoms with Crippen molar-refractivity contribution in [3.63, 3.8) is 0 Å². The van der Waals surface area contributed by atoms with E-state index in [0.29, 0.717) is 5.69 Å². The first-order valence-electron chi connectivity index (χ1n) is 5.96. The molecule has 7 heteroatoms. The monoisotopic (exact) mass is 281 g/mol. The summed E-state index contributed by atoms with van der Waals surface area (Å²) in [7, 11) is 1.44. The Balaban J connectivity index is 2.55. The van der Waals surface area contributed by atoms with Gasteiger partial charge in [0.15, 0.2) is 5.82 Å². The van der Waals surface area contributed by atoms with Gasteiger partial charge in [0.1, 0.15) is 17.5 Å². The van der Waals surface area contributed by atoms with E-state index in [0.717, 1.165) is 0 Å². The van der Waals surface area contributed by atoms with Crippen molar-refractivity contribution in [3.8, 4) is 6.07 Å². The number of azo groups is 1. The van der Waals surface area contributed by atoms with Crippen molar-refractivity contribution in [1.29, 1.82) is 5.26 Å². The van der Waals surface area contributed by atoms with E-state index < -0.39 is 5.97 Å². The number of anilines is 2. The summed E-state index contributed by atoms with van der Waals surface area (Å²) in [6.45, 7) is 0. The van der Waals surface area contributed by atoms with Crippen LogP contribution < -0.4 is 5.32 Å². The number of hydrogen-bond acceptors (Lipinski definition) is 6. The fraction of sp³-hybridized carbons (Fsp3) is 0.0714. The molecule has 1 aromatic carbocycles. The quantitative estimate of drug-likeness (QED) is 0.836. The van der Waals surface area contributed by atoms with Crippen LogP contribution >= 0.6 is 0 Å². The Labute approximate surface area is 120 Å². The van der Waals surface area contributed by atoms with Gasteiger partial charge in [-0.1, -0.05) is 18.2 Å². The Morgan fingerprint density at radius 2 is 2.10 bits per heavy atom. The molecular formula is C14H11N5O2. The molecule has 0 spiro atoms. The minimum atomic E-state index is -1.18. The van der Waals surface area contributed by atoms with Crippen molar-refractivity contribution in [2.45, 2.75) is 0 Å². The Kier molecular flexibility index (Phi) is 4.21. The SMILES string of the molecule is CN=Nc1nc(Nc2ccccc2)c(C(=O)O)cc1C#N. The standard InChI is InChI=1S/C14H11N5O2/c1-16-19-12-9(8-15)7-11(14(20)21)13(18-12)17-10-5-3-2-4-6-10/h2-7H,1H3,(H,17,18)(H,20,21). The van der Waals surface area contributed by atoms with Gasteiger partial charge in [0.2, 0.25) is 0 Å². The van der Waals surface area contributed by atoms with Crippen LogP contribution in [0.25, 0.3) is 0 Å². The second-order valence-electron chi connectivity index (χ2n) is 3.96. The number of carboxylic acid groups (broad SMARTS) is 1. The Hall–Kier alpha value is -3.27. The number of nitriles is 1. The van der Waals surface area contributed by atoms with Crippen molar-refractivity contribution in [3.05, 3.63) is 47.5 Å². The van der Waals surface area contributed by atoms with Crippen LogP contribution in [0.4, 0.5) is 17.3 Å². The van der Waals surface area contributed by atoms with E-state index in [2.05, 4.69) is 20.5 Å². The number of aromatic carboxylic acids is 1. The van der Waals surface area contributed by atoms with Crippen LogP contribution in [0.3, 0.4) is 0 Å². The summed E-state index contributed by atoms with van der Waals surface area (Å²) in [5.74, 6) is -1.00. The molecule has 0 bridgehead atoms. The molecule has 1 heterocycles. The maximum Gasteiger partial charge on any atom is 0.339 e. The van der Waals surface area contributed by atoms with Gasteiger partial charge < -0.3 is 10.4 Å². The predicted molar refractivity (Wildman–Crippen MR) is 76.1 cm³/mol. The topological polar surface area (TPSA) is 111 Å². The van der Waals surface area contributed by atoms with Crippen molar-refractivity contribution in [1.82, 2.24) is 4.98 Å². The van der Waals surface area contributed by atoms with E-state index in [1.807, 2.05) is 12.1 Å². The molecule has 0 radical (unpaired) electrons. The van der Waals surface area contributed by atoms with E-state index in [-0.39, 0.29) is 22.8 Å². The number of benzene rings is 1. The molecular weight excluding hydrogens is 270 g/mol. The van der Waals surface area contributed by atoms with Crippen molar-refractivity contribution in [2.75, 3.05) is 12.4 Å². The Morgan fingerprint density at radius 3 is 2.67 bits per heavy atom. The average Bonchev–Trinajstić information content (AvgIpc) is 2.48. The molecule has 1 aromatic heterocycles. The van der Waals surface area contributed by atoms with Crippen LogP contribution in [0.1, 0.15) is 15.9 Å². The van der Waals surface area contributed by atoms with Crippen molar-refractivity contribution in [2.24, 2.45) is 10.2 Å². The molecule has 0 amide bonds. The second-order valence-corrected chi connectivity index (χ2v) is 3.96. The minimum absolute atomic E-state index is 0.0524. The van der Waals surface area contributed by atoms with E-state index >= 15 is 0 Å². The smallest absolute Gasteiger partial charge is 0.339 e. The summed E-state index contributed by atoms with van der Waals surface area (Å²) in [6, 6.07) is 12.1. The van der Waals surface area contributed by atoms with Crippen LogP contribution in [0.2, 0.25) is 0 Å². The van der Waals surface area contributed by atoms with Gasteiger partial charge in [-0.05, 0) is 18.2 Å². The summed E-state index contributed by atoms with van der Waals surface area (Å²) in [6.07, 6.45) is 0. The molecule has 2 N–H and O–H groups in total. The molecule has 21 heavy (non-hydrogen) atoms. The Bertz CT molecular complexity index is 735. The first-order chi connectivity index (χ1) is 10.2. The highest BCUT2D eigenvalue weighted by Crippen LogP contribution is 2.26. The number of para-hydroxylation sites is 1. The largest absolute Gasteiger partial charge is 0.478 e. The third-order valence-electron chi connectivity index (χ3n) is 2.58. The molecule has 2 rings (SSSR count). The minimum Gasteiger partial charge on any atom is -0.478 e. The molecule has 0 saturated heterocycles. The highest BCUT2D eigenvalue weighted by molar-refractivity contribution is 5.95. The van der Waals surface area contributed by atoms with Crippen LogP contribution in [0.15, 0.2) is 46.6 Å². The van der Waals surface area contributed by atoms with Crippen molar-refractivity contribution >= 4 is 23.3 Å². The zero-order valence-electron chi connectivity index (χ0n) is 11.1. The van der Waals surface area contributed by atoms with Gasteiger partial charge in [-0.3, -0.25) is 0 Å². The number of nitrogens with zero attached hydrogens (tertiary/aromatic N) is 4. The van der Waals surface area contributed by atoms with Gasteiger partial charge >= 0.3 is 5.97 Å². The van der Waals surface area contributed by atoms with Gasteiger partial charge in [-0.25, -0.2) is 9.78 Å². The summed E-state index contributed by atoms with van der Waals surface area (Å²) in [5, 5.41) is 28.5. The molecule has 104 valence electrons. The molecule has 0 aliphatic rings. The Morgan fingerprint density at radius 1 is 1.38 bits per heavy atom. The van der Waals surface area contributed by atoms with Crippen LogP contribution in [0, 0.1) is 11.3 Å². The third-order valence-corrected chi connectivity index (χ3v) is 2.58. The average molecular weight is 281 g/mol. The number of rotatable bonds is 4. The van der Waals surface area contributed by atoms with Gasteiger partial charge in [0, 0.05) is 12.7 Å². The van der Waals surface area contributed by atoms with Gasteiger partial charge in [-0.15, -0.1) is 5.11 Å². The normalized spacial score (nSPS) is 10.3. The highest BCUT2D eigenvalue weighted by atomic mass is 16.4. The third kappa shape index (κ3) is 3.19. The van der Waals surface area contributed by atoms with E-state index in [9.17, 15) is 9.90 Å². The first kappa shape index (κ1) is 14.1. The lowest BCUT2D eigenvalue weighted by atomic mass is 10.1. The summed E-state index contributed by atoms with van der Waals surface area (Å²) >= 11 is 0. The number of carboxylic acids is 1. The molecule has 0 unspecified atom stereocenters. The number of nitrogens with one attached hydrogen (secondary N) is 1. The number of pyridine rings is 1. The van der Waals surface area contributed by atoms with Crippen LogP contribution in [0.5, 0.6) is 0 Å².